The third-order valence-electron chi connectivity index (χ3n) is 2.79. The lowest BCUT2D eigenvalue weighted by Crippen LogP contribution is -1.94. The number of anilines is 1. The van der Waals surface area contributed by atoms with E-state index < -0.39 is 5.97 Å². The van der Waals surface area contributed by atoms with Crippen LogP contribution in [-0.4, -0.2) is 16.1 Å². The first-order valence-corrected chi connectivity index (χ1v) is 5.63. The molecule has 1 aromatic heterocycles. The Morgan fingerprint density at radius 3 is 2.58 bits per heavy atom. The van der Waals surface area contributed by atoms with Gasteiger partial charge in [-0.05, 0) is 36.4 Å². The van der Waals surface area contributed by atoms with Gasteiger partial charge in [-0.25, -0.2) is 9.78 Å². The van der Waals surface area contributed by atoms with Gasteiger partial charge < -0.3 is 15.3 Å². The normalized spacial score (nSPS) is 10.7. The van der Waals surface area contributed by atoms with Gasteiger partial charge in [0.2, 0.25) is 5.89 Å². The van der Waals surface area contributed by atoms with Crippen molar-refractivity contribution >= 4 is 22.8 Å². The van der Waals surface area contributed by atoms with E-state index in [0.29, 0.717) is 22.7 Å². The molecule has 0 fully saturated rings. The number of nitrogens with zero attached hydrogens (tertiary/aromatic N) is 1. The van der Waals surface area contributed by atoms with Crippen molar-refractivity contribution < 1.29 is 14.3 Å². The van der Waals surface area contributed by atoms with Crippen molar-refractivity contribution in [1.82, 2.24) is 4.98 Å². The highest BCUT2D eigenvalue weighted by Gasteiger charge is 2.09. The summed E-state index contributed by atoms with van der Waals surface area (Å²) in [6, 6.07) is 11.6. The Hall–Kier alpha value is -2.82. The third-order valence-corrected chi connectivity index (χ3v) is 2.79. The van der Waals surface area contributed by atoms with Gasteiger partial charge in [-0.15, -0.1) is 0 Å². The number of carboxylic acids is 1. The summed E-state index contributed by atoms with van der Waals surface area (Å²) in [7, 11) is 0. The number of hydrogen-bond donors (Lipinski definition) is 2. The standard InChI is InChI=1S/C14H10N2O3/c15-10-5-6-11-12(7-10)19-13(16-11)8-1-3-9(4-2-8)14(17)18/h1-7H,15H2,(H,17,18). The number of carbonyl (C=O) groups is 1. The fourth-order valence-corrected chi connectivity index (χ4v) is 1.82. The van der Waals surface area contributed by atoms with Crippen LogP contribution in [0.5, 0.6) is 0 Å². The number of fused-ring (bicyclic) bond motifs is 1. The second-order valence-electron chi connectivity index (χ2n) is 4.13. The Kier molecular flexibility index (Phi) is 2.45. The Morgan fingerprint density at radius 2 is 1.89 bits per heavy atom. The van der Waals surface area contributed by atoms with E-state index in [-0.39, 0.29) is 5.56 Å². The van der Waals surface area contributed by atoms with Crippen LogP contribution in [0.1, 0.15) is 10.4 Å². The van der Waals surface area contributed by atoms with Crippen LogP contribution < -0.4 is 5.73 Å². The number of carboxylic acid groups (broad SMARTS) is 1. The molecule has 0 spiro atoms. The number of hydrogen-bond acceptors (Lipinski definition) is 4. The second-order valence-corrected chi connectivity index (χ2v) is 4.13. The molecule has 0 saturated heterocycles. The molecule has 0 bridgehead atoms. The first kappa shape index (κ1) is 11.3. The zero-order valence-electron chi connectivity index (χ0n) is 9.83. The van der Waals surface area contributed by atoms with Crippen molar-refractivity contribution in [3.63, 3.8) is 0 Å². The smallest absolute Gasteiger partial charge is 0.335 e. The van der Waals surface area contributed by atoms with Crippen molar-refractivity contribution in [2.75, 3.05) is 5.73 Å². The molecule has 2 aromatic carbocycles. The first-order valence-electron chi connectivity index (χ1n) is 5.63. The molecular formula is C14H10N2O3. The van der Waals surface area contributed by atoms with Gasteiger partial charge in [0.25, 0.3) is 0 Å². The summed E-state index contributed by atoms with van der Waals surface area (Å²) in [5.41, 5.74) is 8.55. The lowest BCUT2D eigenvalue weighted by Gasteiger charge is -1.96. The number of rotatable bonds is 2. The summed E-state index contributed by atoms with van der Waals surface area (Å²) in [4.78, 5) is 15.1. The molecule has 5 nitrogen and oxygen atoms in total. The Bertz CT molecular complexity index is 760. The summed E-state index contributed by atoms with van der Waals surface area (Å²) in [5.74, 6) is -0.519. The van der Waals surface area contributed by atoms with E-state index >= 15 is 0 Å². The number of nitrogens with two attached hydrogens (primary N) is 1. The first-order chi connectivity index (χ1) is 9.13. The van der Waals surface area contributed by atoms with Gasteiger partial charge in [-0.1, -0.05) is 0 Å². The molecule has 0 aliphatic rings. The van der Waals surface area contributed by atoms with E-state index in [4.69, 9.17) is 15.3 Å². The SMILES string of the molecule is Nc1ccc2nc(-c3ccc(C(=O)O)cc3)oc2c1. The average Bonchev–Trinajstić information content (AvgIpc) is 2.81. The largest absolute Gasteiger partial charge is 0.478 e. The lowest BCUT2D eigenvalue weighted by molar-refractivity contribution is 0.0697. The van der Waals surface area contributed by atoms with E-state index in [1.807, 2.05) is 0 Å². The molecular weight excluding hydrogens is 244 g/mol. The monoisotopic (exact) mass is 254 g/mol. The Morgan fingerprint density at radius 1 is 1.16 bits per heavy atom. The molecule has 1 heterocycles. The Labute approximate surface area is 108 Å². The molecule has 3 N–H and O–H groups in total. The van der Waals surface area contributed by atoms with Crippen molar-refractivity contribution in [3.8, 4) is 11.5 Å². The fourth-order valence-electron chi connectivity index (χ4n) is 1.82. The molecule has 0 aliphatic carbocycles. The molecule has 19 heavy (non-hydrogen) atoms. The topological polar surface area (TPSA) is 89.3 Å². The minimum absolute atomic E-state index is 0.226. The molecule has 3 rings (SSSR count). The van der Waals surface area contributed by atoms with E-state index in [9.17, 15) is 4.79 Å². The summed E-state index contributed by atoms with van der Waals surface area (Å²) in [6.45, 7) is 0. The van der Waals surface area contributed by atoms with Gasteiger partial charge in [0.15, 0.2) is 5.58 Å². The third kappa shape index (κ3) is 2.01. The zero-order valence-corrected chi connectivity index (χ0v) is 9.83. The Balaban J connectivity index is 2.06. The van der Waals surface area contributed by atoms with E-state index in [1.54, 1.807) is 30.3 Å². The molecule has 94 valence electrons. The summed E-state index contributed by atoms with van der Waals surface area (Å²) in [5, 5.41) is 8.84. The minimum Gasteiger partial charge on any atom is -0.478 e. The van der Waals surface area contributed by atoms with Gasteiger partial charge in [0.05, 0.1) is 5.56 Å². The second kappa shape index (κ2) is 4.13. The van der Waals surface area contributed by atoms with Crippen LogP contribution in [-0.2, 0) is 0 Å². The van der Waals surface area contributed by atoms with Crippen LogP contribution in [0.2, 0.25) is 0 Å². The number of oxazole rings is 1. The van der Waals surface area contributed by atoms with Gasteiger partial charge in [0.1, 0.15) is 5.52 Å². The number of nitrogen functional groups attached to an aromatic ring is 1. The van der Waals surface area contributed by atoms with Gasteiger partial charge in [-0.2, -0.15) is 0 Å². The molecule has 0 aliphatic heterocycles. The molecule has 0 radical (unpaired) electrons. The predicted molar refractivity (Wildman–Crippen MR) is 70.8 cm³/mol. The molecule has 5 heteroatoms. The van der Waals surface area contributed by atoms with Crippen LogP contribution >= 0.6 is 0 Å². The maximum Gasteiger partial charge on any atom is 0.335 e. The van der Waals surface area contributed by atoms with E-state index in [1.165, 1.54) is 12.1 Å². The van der Waals surface area contributed by atoms with Crippen LogP contribution in [0.4, 0.5) is 5.69 Å². The summed E-state index contributed by atoms with van der Waals surface area (Å²) in [6.07, 6.45) is 0. The predicted octanol–water partition coefficient (Wildman–Crippen LogP) is 2.78. The van der Waals surface area contributed by atoms with Crippen molar-refractivity contribution in [2.45, 2.75) is 0 Å². The van der Waals surface area contributed by atoms with Crippen molar-refractivity contribution in [3.05, 3.63) is 48.0 Å². The quantitative estimate of drug-likeness (QED) is 0.686. The van der Waals surface area contributed by atoms with Crippen LogP contribution in [0.15, 0.2) is 46.9 Å². The zero-order chi connectivity index (χ0) is 13.4. The molecule has 0 unspecified atom stereocenters. The highest BCUT2D eigenvalue weighted by atomic mass is 16.4. The number of aromatic carboxylic acids is 1. The van der Waals surface area contributed by atoms with Gasteiger partial charge in [0, 0.05) is 17.3 Å². The van der Waals surface area contributed by atoms with Crippen LogP contribution in [0.25, 0.3) is 22.6 Å². The highest BCUT2D eigenvalue weighted by molar-refractivity contribution is 5.88. The maximum absolute atomic E-state index is 10.8. The average molecular weight is 254 g/mol. The lowest BCUT2D eigenvalue weighted by atomic mass is 10.1. The minimum atomic E-state index is -0.961. The molecule has 0 atom stereocenters. The van der Waals surface area contributed by atoms with Gasteiger partial charge >= 0.3 is 5.97 Å². The van der Waals surface area contributed by atoms with Crippen LogP contribution in [0.3, 0.4) is 0 Å². The van der Waals surface area contributed by atoms with Crippen LogP contribution in [0, 0.1) is 0 Å². The maximum atomic E-state index is 10.8. The molecule has 3 aromatic rings. The summed E-state index contributed by atoms with van der Waals surface area (Å²) < 4.78 is 5.60. The van der Waals surface area contributed by atoms with E-state index in [0.717, 1.165) is 5.56 Å². The number of aromatic nitrogens is 1. The highest BCUT2D eigenvalue weighted by Crippen LogP contribution is 2.25. The van der Waals surface area contributed by atoms with Crippen molar-refractivity contribution in [2.24, 2.45) is 0 Å². The molecule has 0 amide bonds. The fraction of sp³-hybridized carbons (Fsp3) is 0. The van der Waals surface area contributed by atoms with Crippen molar-refractivity contribution in [1.29, 1.82) is 0 Å². The summed E-state index contributed by atoms with van der Waals surface area (Å²) >= 11 is 0. The van der Waals surface area contributed by atoms with E-state index in [2.05, 4.69) is 4.98 Å². The van der Waals surface area contributed by atoms with Gasteiger partial charge in [-0.3, -0.25) is 0 Å². The number of benzene rings is 2. The molecule has 0 saturated carbocycles.